The van der Waals surface area contributed by atoms with Crippen LogP contribution in [0, 0.1) is 0 Å². The van der Waals surface area contributed by atoms with Crippen molar-refractivity contribution in [3.8, 4) is 67.5 Å². The Kier molecular flexibility index (Phi) is 7.87. The molecule has 5 heteroatoms. The van der Waals surface area contributed by atoms with Crippen LogP contribution in [-0.4, -0.2) is 15.0 Å². The second-order valence-electron chi connectivity index (χ2n) is 13.9. The summed E-state index contributed by atoms with van der Waals surface area (Å²) in [5.74, 6) is 1.97. The van der Waals surface area contributed by atoms with E-state index in [1.807, 2.05) is 0 Å². The van der Waals surface area contributed by atoms with Crippen LogP contribution in [0.5, 0.6) is 0 Å². The third kappa shape index (κ3) is 5.60. The van der Waals surface area contributed by atoms with Gasteiger partial charge in [0.05, 0.1) is 0 Å². The number of nitrogens with zero attached hydrogens (tertiary/aromatic N) is 3. The number of hydrogen-bond donors (Lipinski definition) is 0. The smallest absolute Gasteiger partial charge is 0.165 e. The first-order valence-corrected chi connectivity index (χ1v) is 20.3. The van der Waals surface area contributed by atoms with Gasteiger partial charge >= 0.3 is 0 Å². The summed E-state index contributed by atoms with van der Waals surface area (Å²) in [5, 5.41) is 4.92. The highest BCUT2D eigenvalue weighted by Gasteiger charge is 2.21. The molecule has 0 aliphatic rings. The first-order valence-electron chi connectivity index (χ1n) is 18.7. The highest BCUT2D eigenvalue weighted by molar-refractivity contribution is 7.26. The van der Waals surface area contributed by atoms with Gasteiger partial charge in [0.2, 0.25) is 0 Å². The zero-order chi connectivity index (χ0) is 37.0. The van der Waals surface area contributed by atoms with Crippen LogP contribution in [0.3, 0.4) is 0 Å². The van der Waals surface area contributed by atoms with Gasteiger partial charge < -0.3 is 0 Å². The van der Waals surface area contributed by atoms with Crippen molar-refractivity contribution in [1.29, 1.82) is 0 Å². The number of benzene rings is 8. The molecule has 11 aromatic rings. The molecule has 0 unspecified atom stereocenters. The van der Waals surface area contributed by atoms with Crippen LogP contribution in [0.1, 0.15) is 0 Å². The van der Waals surface area contributed by atoms with Crippen molar-refractivity contribution in [3.05, 3.63) is 188 Å². The molecule has 0 N–H and O–H groups in total. The Hall–Kier alpha value is -6.79. The molecule has 3 aromatic heterocycles. The minimum atomic E-state index is 0.640. The monoisotopic (exact) mass is 749 g/mol. The van der Waals surface area contributed by atoms with Crippen LogP contribution in [0.25, 0.3) is 108 Å². The number of fused-ring (bicyclic) bond motifs is 6. The first kappa shape index (κ1) is 32.6. The van der Waals surface area contributed by atoms with E-state index in [9.17, 15) is 0 Å². The van der Waals surface area contributed by atoms with E-state index in [-0.39, 0.29) is 0 Å². The van der Waals surface area contributed by atoms with E-state index >= 15 is 0 Å². The fraction of sp³-hybridized carbons (Fsp3) is 0. The van der Waals surface area contributed by atoms with E-state index in [0.717, 1.165) is 44.5 Å². The molecular formula is C51H31N3S2. The summed E-state index contributed by atoms with van der Waals surface area (Å²) in [7, 11) is 0. The molecule has 0 aliphatic heterocycles. The summed E-state index contributed by atoms with van der Waals surface area (Å²) in [6, 6.07) is 66.8. The minimum Gasteiger partial charge on any atom is -0.208 e. The van der Waals surface area contributed by atoms with Gasteiger partial charge in [-0.3, -0.25) is 0 Å². The molecule has 0 saturated heterocycles. The molecule has 56 heavy (non-hydrogen) atoms. The Morgan fingerprint density at radius 1 is 0.268 bits per heavy atom. The lowest BCUT2D eigenvalue weighted by Crippen LogP contribution is -2.01. The highest BCUT2D eigenvalue weighted by atomic mass is 32.1. The van der Waals surface area contributed by atoms with E-state index in [1.54, 1.807) is 22.7 Å². The first-order chi connectivity index (χ1) is 27.7. The molecule has 0 atom stereocenters. The van der Waals surface area contributed by atoms with Gasteiger partial charge in [0, 0.05) is 57.0 Å². The predicted octanol–water partition coefficient (Wildman–Crippen LogP) is 14.6. The van der Waals surface area contributed by atoms with Gasteiger partial charge in [-0.1, -0.05) is 146 Å². The lowest BCUT2D eigenvalue weighted by atomic mass is 9.92. The van der Waals surface area contributed by atoms with E-state index in [0.29, 0.717) is 17.5 Å². The standard InChI is InChI=1S/C51H31N3S2/c1-3-14-32(15-4-1)34-18-11-19-36(30-34)44-31-35(33-16-5-2-6-17-33)28-29-41(44)49-52-50(42-24-12-22-39-37-20-7-9-26-45(37)55-47(39)42)54-51(53-49)43-25-13-23-40-38-21-8-10-27-46(38)56-48(40)43/h1-31H. The molecule has 3 nitrogen and oxygen atoms in total. The van der Waals surface area contributed by atoms with Crippen LogP contribution in [0.15, 0.2) is 188 Å². The second kappa shape index (κ2) is 13.5. The van der Waals surface area contributed by atoms with E-state index in [4.69, 9.17) is 15.0 Å². The zero-order valence-corrected chi connectivity index (χ0v) is 31.7. The summed E-state index contributed by atoms with van der Waals surface area (Å²) < 4.78 is 4.84. The van der Waals surface area contributed by atoms with Crippen molar-refractivity contribution in [3.63, 3.8) is 0 Å². The summed E-state index contributed by atoms with van der Waals surface area (Å²) in [5.41, 5.74) is 9.74. The molecule has 0 saturated carbocycles. The number of hydrogen-bond acceptors (Lipinski definition) is 5. The second-order valence-corrected chi connectivity index (χ2v) is 16.0. The fourth-order valence-corrected chi connectivity index (χ4v) is 10.3. The van der Waals surface area contributed by atoms with Gasteiger partial charge in [-0.15, -0.1) is 22.7 Å². The third-order valence-corrected chi connectivity index (χ3v) is 13.0. The highest BCUT2D eigenvalue weighted by Crippen LogP contribution is 2.43. The molecule has 3 heterocycles. The van der Waals surface area contributed by atoms with Gasteiger partial charge in [-0.05, 0) is 75.8 Å². The topological polar surface area (TPSA) is 38.7 Å². The van der Waals surface area contributed by atoms with Crippen LogP contribution in [-0.2, 0) is 0 Å². The number of rotatable bonds is 6. The quantitative estimate of drug-likeness (QED) is 0.170. The number of aromatic nitrogens is 3. The Balaban J connectivity index is 1.19. The van der Waals surface area contributed by atoms with E-state index < -0.39 is 0 Å². The Morgan fingerprint density at radius 2 is 0.696 bits per heavy atom. The molecule has 262 valence electrons. The molecule has 11 rings (SSSR count). The molecule has 0 spiro atoms. The molecule has 0 radical (unpaired) electrons. The summed E-state index contributed by atoms with van der Waals surface area (Å²) in [6.45, 7) is 0. The van der Waals surface area contributed by atoms with Crippen molar-refractivity contribution >= 4 is 63.0 Å². The maximum Gasteiger partial charge on any atom is 0.165 e. The Labute approximate surface area is 331 Å². The van der Waals surface area contributed by atoms with Gasteiger partial charge in [-0.2, -0.15) is 0 Å². The summed E-state index contributed by atoms with van der Waals surface area (Å²) >= 11 is 3.59. The maximum atomic E-state index is 5.40. The van der Waals surface area contributed by atoms with Crippen LogP contribution < -0.4 is 0 Å². The molecule has 0 fully saturated rings. The van der Waals surface area contributed by atoms with Gasteiger partial charge in [0.25, 0.3) is 0 Å². The molecule has 0 bridgehead atoms. The van der Waals surface area contributed by atoms with E-state index in [2.05, 4.69) is 188 Å². The predicted molar refractivity (Wildman–Crippen MR) is 238 cm³/mol. The SMILES string of the molecule is c1ccc(-c2cccc(-c3cc(-c4ccccc4)ccc3-c3nc(-c4cccc5c4sc4ccccc45)nc(-c4cccc5c4sc4ccccc45)n3)c2)cc1. The Bertz CT molecular complexity index is 3120. The van der Waals surface area contributed by atoms with Crippen molar-refractivity contribution in [2.45, 2.75) is 0 Å². The van der Waals surface area contributed by atoms with Crippen molar-refractivity contribution < 1.29 is 0 Å². The molecule has 0 amide bonds. The molecular weight excluding hydrogens is 719 g/mol. The van der Waals surface area contributed by atoms with Crippen molar-refractivity contribution in [2.24, 2.45) is 0 Å². The minimum absolute atomic E-state index is 0.640. The van der Waals surface area contributed by atoms with E-state index in [1.165, 1.54) is 45.9 Å². The van der Waals surface area contributed by atoms with Crippen molar-refractivity contribution in [2.75, 3.05) is 0 Å². The normalized spacial score (nSPS) is 11.6. The van der Waals surface area contributed by atoms with Gasteiger partial charge in [-0.25, -0.2) is 15.0 Å². The van der Waals surface area contributed by atoms with Gasteiger partial charge in [0.1, 0.15) is 0 Å². The average molecular weight is 750 g/mol. The largest absolute Gasteiger partial charge is 0.208 e. The van der Waals surface area contributed by atoms with Crippen LogP contribution >= 0.6 is 22.7 Å². The number of thiophene rings is 2. The van der Waals surface area contributed by atoms with Crippen molar-refractivity contribution in [1.82, 2.24) is 15.0 Å². The third-order valence-electron chi connectivity index (χ3n) is 10.6. The lowest BCUT2D eigenvalue weighted by molar-refractivity contribution is 1.08. The summed E-state index contributed by atoms with van der Waals surface area (Å²) in [6.07, 6.45) is 0. The Morgan fingerprint density at radius 3 is 1.27 bits per heavy atom. The van der Waals surface area contributed by atoms with Gasteiger partial charge in [0.15, 0.2) is 17.5 Å². The average Bonchev–Trinajstić information content (AvgIpc) is 3.86. The zero-order valence-electron chi connectivity index (χ0n) is 30.1. The maximum absolute atomic E-state index is 5.40. The fourth-order valence-electron chi connectivity index (χ4n) is 7.87. The molecule has 0 aliphatic carbocycles. The molecule has 8 aromatic carbocycles. The van der Waals surface area contributed by atoms with Crippen LogP contribution in [0.2, 0.25) is 0 Å². The lowest BCUT2D eigenvalue weighted by Gasteiger charge is -2.15. The van der Waals surface area contributed by atoms with Crippen LogP contribution in [0.4, 0.5) is 0 Å². The summed E-state index contributed by atoms with van der Waals surface area (Å²) in [4.78, 5) is 16.2.